The number of hydrogen-bond acceptors (Lipinski definition) is 3. The number of nitrogens with zero attached hydrogens (tertiary/aromatic N) is 2. The van der Waals surface area contributed by atoms with E-state index in [0.717, 1.165) is 39.1 Å². The standard InChI is InChI=1S/C23H19N3/c1-16-8-3-4-11-18(16)19-12-6-14-21(23(19)24-2)26-20-13-5-9-17-10-7-15-25-22(17)20/h3-15,26H,2H2,1H3. The summed E-state index contributed by atoms with van der Waals surface area (Å²) < 4.78 is 0. The SMILES string of the molecule is C=Nc1c(Nc2cccc3cccnc23)cccc1-c1ccccc1C. The Kier molecular flexibility index (Phi) is 4.20. The van der Waals surface area contributed by atoms with Gasteiger partial charge < -0.3 is 5.32 Å². The van der Waals surface area contributed by atoms with E-state index < -0.39 is 0 Å². The molecule has 0 atom stereocenters. The van der Waals surface area contributed by atoms with E-state index in [9.17, 15) is 0 Å². The lowest BCUT2D eigenvalue weighted by Gasteiger charge is -2.15. The van der Waals surface area contributed by atoms with Crippen LogP contribution < -0.4 is 5.32 Å². The summed E-state index contributed by atoms with van der Waals surface area (Å²) in [4.78, 5) is 8.85. The van der Waals surface area contributed by atoms with Gasteiger partial charge in [0.25, 0.3) is 0 Å². The Bertz CT molecular complexity index is 1090. The van der Waals surface area contributed by atoms with Crippen molar-refractivity contribution in [2.45, 2.75) is 6.92 Å². The van der Waals surface area contributed by atoms with Crippen LogP contribution in [0.25, 0.3) is 22.0 Å². The Morgan fingerprint density at radius 2 is 1.54 bits per heavy atom. The number of aliphatic imine (C=N–C) groups is 1. The number of rotatable bonds is 4. The predicted octanol–water partition coefficient (Wildman–Crippen LogP) is 6.29. The molecule has 26 heavy (non-hydrogen) atoms. The first kappa shape index (κ1) is 16.0. The van der Waals surface area contributed by atoms with Crippen molar-refractivity contribution in [1.82, 2.24) is 4.98 Å². The monoisotopic (exact) mass is 337 g/mol. The molecular weight excluding hydrogens is 318 g/mol. The Balaban J connectivity index is 1.84. The highest BCUT2D eigenvalue weighted by atomic mass is 14.9. The van der Waals surface area contributed by atoms with E-state index in [1.165, 1.54) is 5.56 Å². The highest BCUT2D eigenvalue weighted by molar-refractivity contribution is 5.95. The molecule has 0 aliphatic rings. The van der Waals surface area contributed by atoms with Crippen LogP contribution in [0.2, 0.25) is 0 Å². The second kappa shape index (κ2) is 6.81. The minimum absolute atomic E-state index is 0.842. The third-order valence-corrected chi connectivity index (χ3v) is 4.53. The topological polar surface area (TPSA) is 37.3 Å². The lowest BCUT2D eigenvalue weighted by atomic mass is 9.98. The van der Waals surface area contributed by atoms with Gasteiger partial charge in [0.1, 0.15) is 0 Å². The number of anilines is 2. The molecule has 0 unspecified atom stereocenters. The van der Waals surface area contributed by atoms with E-state index in [2.05, 4.69) is 59.3 Å². The molecular formula is C23H19N3. The third kappa shape index (κ3) is 2.84. The molecule has 0 spiro atoms. The Hall–Kier alpha value is -3.46. The molecule has 0 amide bonds. The fraction of sp³-hybridized carbons (Fsp3) is 0.0435. The van der Waals surface area contributed by atoms with Crippen molar-refractivity contribution in [1.29, 1.82) is 0 Å². The number of fused-ring (bicyclic) bond motifs is 1. The van der Waals surface area contributed by atoms with Crippen molar-refractivity contribution >= 4 is 34.7 Å². The number of hydrogen-bond donors (Lipinski definition) is 1. The van der Waals surface area contributed by atoms with Gasteiger partial charge in [-0.25, -0.2) is 0 Å². The van der Waals surface area contributed by atoms with Crippen molar-refractivity contribution in [3.63, 3.8) is 0 Å². The molecule has 0 aliphatic heterocycles. The molecule has 0 saturated heterocycles. The molecule has 0 saturated carbocycles. The van der Waals surface area contributed by atoms with Gasteiger partial charge >= 0.3 is 0 Å². The molecule has 3 aromatic carbocycles. The van der Waals surface area contributed by atoms with Crippen molar-refractivity contribution in [3.05, 3.63) is 84.6 Å². The minimum Gasteiger partial charge on any atom is -0.352 e. The third-order valence-electron chi connectivity index (χ3n) is 4.53. The smallest absolute Gasteiger partial charge is 0.0936 e. The van der Waals surface area contributed by atoms with Gasteiger partial charge in [-0.1, -0.05) is 54.6 Å². The molecule has 3 heteroatoms. The number of benzene rings is 3. The molecule has 4 aromatic rings. The van der Waals surface area contributed by atoms with Crippen molar-refractivity contribution in [2.24, 2.45) is 4.99 Å². The van der Waals surface area contributed by atoms with Gasteiger partial charge in [-0.2, -0.15) is 0 Å². The second-order valence-corrected chi connectivity index (χ2v) is 6.18. The van der Waals surface area contributed by atoms with Gasteiger partial charge in [0, 0.05) is 17.1 Å². The normalized spacial score (nSPS) is 10.7. The molecule has 4 rings (SSSR count). The predicted molar refractivity (Wildman–Crippen MR) is 111 cm³/mol. The van der Waals surface area contributed by atoms with Crippen LogP contribution in [0.1, 0.15) is 5.56 Å². The van der Waals surface area contributed by atoms with E-state index in [1.807, 2.05) is 48.7 Å². The summed E-state index contributed by atoms with van der Waals surface area (Å²) in [6.07, 6.45) is 1.81. The second-order valence-electron chi connectivity index (χ2n) is 6.18. The fourth-order valence-electron chi connectivity index (χ4n) is 3.26. The number of pyridine rings is 1. The fourth-order valence-corrected chi connectivity index (χ4v) is 3.26. The van der Waals surface area contributed by atoms with Crippen LogP contribution >= 0.6 is 0 Å². The molecule has 126 valence electrons. The maximum absolute atomic E-state index is 4.52. The molecule has 1 aromatic heterocycles. The maximum Gasteiger partial charge on any atom is 0.0936 e. The summed E-state index contributed by atoms with van der Waals surface area (Å²) in [7, 11) is 0. The molecule has 0 aliphatic carbocycles. The van der Waals surface area contributed by atoms with Crippen LogP contribution in [-0.4, -0.2) is 11.7 Å². The van der Waals surface area contributed by atoms with Crippen molar-refractivity contribution in [3.8, 4) is 11.1 Å². The first-order valence-electron chi connectivity index (χ1n) is 8.54. The van der Waals surface area contributed by atoms with Gasteiger partial charge in [0.2, 0.25) is 0 Å². The summed E-state index contributed by atoms with van der Waals surface area (Å²) in [6.45, 7) is 5.91. The highest BCUT2D eigenvalue weighted by Crippen LogP contribution is 2.39. The van der Waals surface area contributed by atoms with Crippen LogP contribution in [0.3, 0.4) is 0 Å². The van der Waals surface area contributed by atoms with Crippen LogP contribution in [0, 0.1) is 6.92 Å². The minimum atomic E-state index is 0.842. The van der Waals surface area contributed by atoms with Crippen LogP contribution in [0.4, 0.5) is 17.1 Å². The van der Waals surface area contributed by atoms with E-state index >= 15 is 0 Å². The van der Waals surface area contributed by atoms with E-state index in [-0.39, 0.29) is 0 Å². The molecule has 0 fully saturated rings. The number of nitrogens with one attached hydrogen (secondary N) is 1. The summed E-state index contributed by atoms with van der Waals surface area (Å²) in [5.74, 6) is 0. The van der Waals surface area contributed by atoms with Crippen molar-refractivity contribution < 1.29 is 0 Å². The quantitative estimate of drug-likeness (QED) is 0.445. The Morgan fingerprint density at radius 1 is 0.808 bits per heavy atom. The molecule has 0 bridgehead atoms. The number of aromatic nitrogens is 1. The Morgan fingerprint density at radius 3 is 2.38 bits per heavy atom. The first-order valence-corrected chi connectivity index (χ1v) is 8.54. The zero-order valence-electron chi connectivity index (χ0n) is 14.6. The summed E-state index contributed by atoms with van der Waals surface area (Å²) >= 11 is 0. The largest absolute Gasteiger partial charge is 0.352 e. The van der Waals surface area contributed by atoms with Gasteiger partial charge in [0.05, 0.1) is 22.6 Å². The highest BCUT2D eigenvalue weighted by Gasteiger charge is 2.12. The average Bonchev–Trinajstić information content (AvgIpc) is 2.68. The van der Waals surface area contributed by atoms with E-state index in [0.29, 0.717) is 0 Å². The summed E-state index contributed by atoms with van der Waals surface area (Å²) in [5, 5.41) is 4.60. The zero-order chi connectivity index (χ0) is 17.9. The molecule has 1 heterocycles. The Labute approximate surface area is 153 Å². The molecule has 1 N–H and O–H groups in total. The van der Waals surface area contributed by atoms with Crippen LogP contribution in [-0.2, 0) is 0 Å². The molecule has 0 radical (unpaired) electrons. The number of para-hydroxylation sites is 2. The van der Waals surface area contributed by atoms with Gasteiger partial charge in [-0.15, -0.1) is 0 Å². The van der Waals surface area contributed by atoms with E-state index in [4.69, 9.17) is 0 Å². The lowest BCUT2D eigenvalue weighted by molar-refractivity contribution is 1.40. The van der Waals surface area contributed by atoms with Crippen molar-refractivity contribution in [2.75, 3.05) is 5.32 Å². The number of aryl methyl sites for hydroxylation is 1. The van der Waals surface area contributed by atoms with Gasteiger partial charge in [-0.3, -0.25) is 9.98 Å². The summed E-state index contributed by atoms with van der Waals surface area (Å²) in [5.41, 5.74) is 7.09. The first-order chi connectivity index (χ1) is 12.8. The average molecular weight is 337 g/mol. The molecule has 3 nitrogen and oxygen atoms in total. The summed E-state index contributed by atoms with van der Waals surface area (Å²) in [6, 6.07) is 24.6. The van der Waals surface area contributed by atoms with E-state index in [1.54, 1.807) is 0 Å². The maximum atomic E-state index is 4.52. The van der Waals surface area contributed by atoms with Crippen LogP contribution in [0.5, 0.6) is 0 Å². The van der Waals surface area contributed by atoms with Gasteiger partial charge in [0.15, 0.2) is 0 Å². The van der Waals surface area contributed by atoms with Gasteiger partial charge in [-0.05, 0) is 43.0 Å². The lowest BCUT2D eigenvalue weighted by Crippen LogP contribution is -1.95. The van der Waals surface area contributed by atoms with Crippen LogP contribution in [0.15, 0.2) is 84.0 Å². The zero-order valence-corrected chi connectivity index (χ0v) is 14.6.